The van der Waals surface area contributed by atoms with Gasteiger partial charge in [0.25, 0.3) is 5.91 Å². The van der Waals surface area contributed by atoms with Crippen LogP contribution < -0.4 is 5.32 Å². The van der Waals surface area contributed by atoms with Crippen LogP contribution in [0.3, 0.4) is 0 Å². The lowest BCUT2D eigenvalue weighted by Crippen LogP contribution is -2.33. The predicted molar refractivity (Wildman–Crippen MR) is 91.2 cm³/mol. The van der Waals surface area contributed by atoms with Crippen LogP contribution in [0, 0.1) is 5.82 Å². The molecule has 0 radical (unpaired) electrons. The molecule has 0 fully saturated rings. The van der Waals surface area contributed by atoms with Crippen LogP contribution in [-0.4, -0.2) is 22.0 Å². The molecule has 0 aliphatic rings. The van der Waals surface area contributed by atoms with Crippen molar-refractivity contribution in [1.82, 2.24) is 10.3 Å². The molecule has 1 aromatic heterocycles. The molecule has 24 heavy (non-hydrogen) atoms. The Morgan fingerprint density at radius 3 is 2.71 bits per heavy atom. The highest BCUT2D eigenvalue weighted by Gasteiger charge is 2.15. The summed E-state index contributed by atoms with van der Waals surface area (Å²) in [5.74, 6) is -0.530. The van der Waals surface area contributed by atoms with Crippen molar-refractivity contribution in [3.8, 4) is 0 Å². The molecule has 0 aliphatic heterocycles. The van der Waals surface area contributed by atoms with E-state index in [4.69, 9.17) is 0 Å². The number of nitrogens with one attached hydrogen (secondary N) is 2. The van der Waals surface area contributed by atoms with Gasteiger partial charge >= 0.3 is 0 Å². The van der Waals surface area contributed by atoms with Gasteiger partial charge in [0.05, 0.1) is 6.10 Å². The van der Waals surface area contributed by atoms with E-state index in [2.05, 4.69) is 10.3 Å². The highest BCUT2D eigenvalue weighted by Crippen LogP contribution is 2.19. The summed E-state index contributed by atoms with van der Waals surface area (Å²) < 4.78 is 12.9. The van der Waals surface area contributed by atoms with Crippen LogP contribution in [0.2, 0.25) is 0 Å². The van der Waals surface area contributed by atoms with Crippen molar-refractivity contribution in [2.45, 2.75) is 25.5 Å². The van der Waals surface area contributed by atoms with Gasteiger partial charge in [-0.2, -0.15) is 0 Å². The van der Waals surface area contributed by atoms with E-state index >= 15 is 0 Å². The van der Waals surface area contributed by atoms with Crippen LogP contribution in [0.5, 0.6) is 0 Å². The summed E-state index contributed by atoms with van der Waals surface area (Å²) in [7, 11) is 0. The number of fused-ring (bicyclic) bond motifs is 1. The van der Waals surface area contributed by atoms with Crippen molar-refractivity contribution < 1.29 is 14.3 Å². The molecule has 0 aliphatic carbocycles. The number of hydrogen-bond acceptors (Lipinski definition) is 2. The first kappa shape index (κ1) is 16.2. The minimum atomic E-state index is -0.758. The first-order valence-electron chi connectivity index (χ1n) is 7.84. The lowest BCUT2D eigenvalue weighted by atomic mass is 10.0. The number of H-pyrrole nitrogens is 1. The number of carbonyl (C=O) groups is 1. The van der Waals surface area contributed by atoms with Gasteiger partial charge in [0.1, 0.15) is 5.82 Å². The van der Waals surface area contributed by atoms with E-state index in [0.29, 0.717) is 17.5 Å². The quantitative estimate of drug-likeness (QED) is 0.671. The maximum absolute atomic E-state index is 12.9. The van der Waals surface area contributed by atoms with Crippen molar-refractivity contribution in [3.05, 3.63) is 71.7 Å². The van der Waals surface area contributed by atoms with Crippen molar-refractivity contribution in [2.24, 2.45) is 0 Å². The smallest absolute Gasteiger partial charge is 0.251 e. The molecule has 3 rings (SSSR count). The van der Waals surface area contributed by atoms with Crippen LogP contribution in [0.1, 0.15) is 35.4 Å². The summed E-state index contributed by atoms with van der Waals surface area (Å²) in [4.78, 5) is 15.4. The molecule has 0 spiro atoms. The Hall–Kier alpha value is -2.66. The van der Waals surface area contributed by atoms with E-state index in [0.717, 1.165) is 10.9 Å². The average Bonchev–Trinajstić information content (AvgIpc) is 3.02. The molecule has 3 N–H and O–H groups in total. The van der Waals surface area contributed by atoms with Crippen LogP contribution >= 0.6 is 0 Å². The van der Waals surface area contributed by atoms with Gasteiger partial charge in [-0.05, 0) is 54.6 Å². The van der Waals surface area contributed by atoms with Gasteiger partial charge in [-0.25, -0.2) is 4.39 Å². The van der Waals surface area contributed by atoms with Crippen molar-refractivity contribution in [3.63, 3.8) is 0 Å². The lowest BCUT2D eigenvalue weighted by molar-refractivity contribution is 0.0917. The Labute approximate surface area is 139 Å². The van der Waals surface area contributed by atoms with Crippen molar-refractivity contribution >= 4 is 16.8 Å². The molecule has 5 heteroatoms. The molecule has 1 amide bonds. The Bertz CT molecular complexity index is 842. The van der Waals surface area contributed by atoms with E-state index in [1.165, 1.54) is 12.1 Å². The molecule has 124 valence electrons. The molecule has 2 atom stereocenters. The first-order chi connectivity index (χ1) is 11.5. The Balaban J connectivity index is 1.62. The second kappa shape index (κ2) is 6.84. The van der Waals surface area contributed by atoms with Crippen LogP contribution in [0.15, 0.2) is 54.7 Å². The number of halogens is 1. The average molecular weight is 326 g/mol. The number of aliphatic hydroxyl groups is 1. The van der Waals surface area contributed by atoms with E-state index in [9.17, 15) is 14.3 Å². The van der Waals surface area contributed by atoms with Gasteiger partial charge in [0, 0.05) is 23.3 Å². The van der Waals surface area contributed by atoms with Gasteiger partial charge < -0.3 is 15.4 Å². The number of carbonyl (C=O) groups excluding carboxylic acids is 1. The van der Waals surface area contributed by atoms with Crippen LogP contribution in [0.4, 0.5) is 4.39 Å². The minimum Gasteiger partial charge on any atom is -0.388 e. The van der Waals surface area contributed by atoms with Crippen molar-refractivity contribution in [2.75, 3.05) is 0 Å². The number of benzene rings is 2. The summed E-state index contributed by atoms with van der Waals surface area (Å²) in [5.41, 5.74) is 2.10. The van der Waals surface area contributed by atoms with E-state index in [-0.39, 0.29) is 17.8 Å². The Kier molecular flexibility index (Phi) is 4.62. The van der Waals surface area contributed by atoms with Gasteiger partial charge in [-0.3, -0.25) is 4.79 Å². The maximum Gasteiger partial charge on any atom is 0.251 e. The minimum absolute atomic E-state index is 0.190. The fourth-order valence-corrected chi connectivity index (χ4v) is 2.71. The third-order valence-electron chi connectivity index (χ3n) is 4.03. The van der Waals surface area contributed by atoms with E-state index < -0.39 is 6.10 Å². The molecule has 2 aromatic carbocycles. The Morgan fingerprint density at radius 1 is 1.21 bits per heavy atom. The number of rotatable bonds is 5. The monoisotopic (exact) mass is 326 g/mol. The van der Waals surface area contributed by atoms with Crippen LogP contribution in [-0.2, 0) is 0 Å². The fraction of sp³-hybridized carbons (Fsp3) is 0.211. The normalized spacial score (nSPS) is 13.6. The Morgan fingerprint density at radius 2 is 1.96 bits per heavy atom. The topological polar surface area (TPSA) is 65.1 Å². The summed E-state index contributed by atoms with van der Waals surface area (Å²) in [6.07, 6.45) is 1.42. The number of aromatic amines is 1. The molecule has 0 bridgehead atoms. The highest BCUT2D eigenvalue weighted by atomic mass is 19.1. The molecule has 0 saturated heterocycles. The largest absolute Gasteiger partial charge is 0.388 e. The standard InChI is InChI=1S/C19H19FN2O2/c1-12(10-18(23)14-4-6-16(20)7-5-14)22-19(24)15-3-2-13-8-9-21-17(13)11-15/h2-9,11-12,18,21,23H,10H2,1H3,(H,22,24). The zero-order chi connectivity index (χ0) is 17.1. The number of amides is 1. The molecule has 4 nitrogen and oxygen atoms in total. The number of aromatic nitrogens is 1. The third kappa shape index (κ3) is 3.63. The van der Waals surface area contributed by atoms with Gasteiger partial charge in [0.15, 0.2) is 0 Å². The summed E-state index contributed by atoms with van der Waals surface area (Å²) in [6, 6.07) is 12.9. The molecule has 2 unspecified atom stereocenters. The van der Waals surface area contributed by atoms with Gasteiger partial charge in [-0.15, -0.1) is 0 Å². The second-order valence-electron chi connectivity index (χ2n) is 5.96. The first-order valence-corrected chi connectivity index (χ1v) is 7.84. The molecule has 1 heterocycles. The van der Waals surface area contributed by atoms with Crippen molar-refractivity contribution in [1.29, 1.82) is 0 Å². The lowest BCUT2D eigenvalue weighted by Gasteiger charge is -2.18. The second-order valence-corrected chi connectivity index (χ2v) is 5.96. The van der Waals surface area contributed by atoms with Gasteiger partial charge in [0.2, 0.25) is 0 Å². The SMILES string of the molecule is CC(CC(O)c1ccc(F)cc1)NC(=O)c1ccc2cc[nH]c2c1. The maximum atomic E-state index is 12.9. The zero-order valence-corrected chi connectivity index (χ0v) is 13.3. The zero-order valence-electron chi connectivity index (χ0n) is 13.3. The van der Waals surface area contributed by atoms with E-state index in [1.54, 1.807) is 24.3 Å². The summed E-state index contributed by atoms with van der Waals surface area (Å²) in [5, 5.41) is 14.1. The van der Waals surface area contributed by atoms with Crippen LogP contribution in [0.25, 0.3) is 10.9 Å². The third-order valence-corrected chi connectivity index (χ3v) is 4.03. The molecular formula is C19H19FN2O2. The van der Waals surface area contributed by atoms with Gasteiger partial charge in [-0.1, -0.05) is 18.2 Å². The predicted octanol–water partition coefficient (Wildman–Crippen LogP) is 3.55. The highest BCUT2D eigenvalue weighted by molar-refractivity contribution is 5.98. The molecule has 3 aromatic rings. The number of aliphatic hydroxyl groups excluding tert-OH is 1. The van der Waals surface area contributed by atoms with E-state index in [1.807, 2.05) is 25.3 Å². The molecular weight excluding hydrogens is 307 g/mol. The fourth-order valence-electron chi connectivity index (χ4n) is 2.71. The summed E-state index contributed by atoms with van der Waals surface area (Å²) >= 11 is 0. The summed E-state index contributed by atoms with van der Waals surface area (Å²) in [6.45, 7) is 1.83. The number of hydrogen-bond donors (Lipinski definition) is 3. The molecule has 0 saturated carbocycles.